The van der Waals surface area contributed by atoms with Gasteiger partial charge in [-0.3, -0.25) is 4.90 Å². The first-order valence-electron chi connectivity index (χ1n) is 11.4. The zero-order valence-corrected chi connectivity index (χ0v) is 18.7. The fraction of sp³-hybridized carbons (Fsp3) is 0.385. The first kappa shape index (κ1) is 21.7. The van der Waals surface area contributed by atoms with E-state index in [1.54, 1.807) is 30.5 Å². The SMILES string of the molecule is COC(=O)c1ccc(O[C@@H]2C[C@@H]3CN(Cc4cccc(-n5ccnc5)c4)C[C@@H]3C[C@H]2O)cc1. The zero-order valence-electron chi connectivity index (χ0n) is 18.7. The van der Waals surface area contributed by atoms with E-state index >= 15 is 0 Å². The number of benzene rings is 2. The van der Waals surface area contributed by atoms with Gasteiger partial charge in [-0.25, -0.2) is 9.78 Å². The van der Waals surface area contributed by atoms with Crippen LogP contribution in [0.5, 0.6) is 5.75 Å². The number of nitrogens with zero attached hydrogens (tertiary/aromatic N) is 3. The van der Waals surface area contributed by atoms with Crippen molar-refractivity contribution in [1.29, 1.82) is 0 Å². The summed E-state index contributed by atoms with van der Waals surface area (Å²) in [6.45, 7) is 2.90. The molecular weight excluding hydrogens is 418 g/mol. The molecule has 4 atom stereocenters. The highest BCUT2D eigenvalue weighted by molar-refractivity contribution is 5.89. The van der Waals surface area contributed by atoms with Crippen molar-refractivity contribution in [1.82, 2.24) is 14.5 Å². The van der Waals surface area contributed by atoms with Crippen molar-refractivity contribution in [3.63, 3.8) is 0 Å². The summed E-state index contributed by atoms with van der Waals surface area (Å²) in [5, 5.41) is 10.7. The second-order valence-corrected chi connectivity index (χ2v) is 9.07. The molecule has 0 bridgehead atoms. The lowest BCUT2D eigenvalue weighted by Crippen LogP contribution is -2.42. The Bertz CT molecular complexity index is 1080. The van der Waals surface area contributed by atoms with E-state index in [0.29, 0.717) is 23.1 Å². The van der Waals surface area contributed by atoms with Crippen LogP contribution >= 0.6 is 0 Å². The van der Waals surface area contributed by atoms with E-state index in [2.05, 4.69) is 34.1 Å². The van der Waals surface area contributed by atoms with Crippen molar-refractivity contribution in [2.75, 3.05) is 20.2 Å². The normalized spacial score (nSPS) is 24.9. The second kappa shape index (κ2) is 9.37. The number of imidazole rings is 1. The van der Waals surface area contributed by atoms with Crippen LogP contribution in [-0.4, -0.2) is 57.9 Å². The molecule has 0 radical (unpaired) electrons. The molecule has 0 amide bonds. The zero-order chi connectivity index (χ0) is 22.8. The molecule has 7 nitrogen and oxygen atoms in total. The maximum atomic E-state index is 11.6. The van der Waals surface area contributed by atoms with Crippen molar-refractivity contribution < 1.29 is 19.4 Å². The van der Waals surface area contributed by atoms with Crippen LogP contribution in [0.2, 0.25) is 0 Å². The lowest BCUT2D eigenvalue weighted by molar-refractivity contribution is -0.0231. The van der Waals surface area contributed by atoms with Crippen LogP contribution in [0.25, 0.3) is 5.69 Å². The molecule has 7 heteroatoms. The van der Waals surface area contributed by atoms with Crippen molar-refractivity contribution in [3.05, 3.63) is 78.4 Å². The van der Waals surface area contributed by atoms with Gasteiger partial charge < -0.3 is 19.1 Å². The standard InChI is InChI=1S/C26H29N3O4/c1-32-26(31)19-5-7-23(8-6-19)33-25-13-21-16-28(15-20(21)12-24(25)30)14-18-3-2-4-22(11-18)29-10-9-27-17-29/h2-11,17,20-21,24-25,30H,12-16H2,1H3/t20-,21+,24+,25+/m0/s1. The van der Waals surface area contributed by atoms with Gasteiger partial charge in [-0.15, -0.1) is 0 Å². The summed E-state index contributed by atoms with van der Waals surface area (Å²) in [6.07, 6.45) is 6.41. The van der Waals surface area contributed by atoms with Gasteiger partial charge in [0.1, 0.15) is 11.9 Å². The summed E-state index contributed by atoms with van der Waals surface area (Å²) in [7, 11) is 1.36. The molecule has 1 aliphatic heterocycles. The maximum absolute atomic E-state index is 11.6. The molecule has 5 rings (SSSR count). The maximum Gasteiger partial charge on any atom is 0.337 e. The molecule has 2 fully saturated rings. The molecule has 2 heterocycles. The second-order valence-electron chi connectivity index (χ2n) is 9.07. The number of ether oxygens (including phenoxy) is 2. The molecule has 2 aliphatic rings. The topological polar surface area (TPSA) is 76.8 Å². The van der Waals surface area contributed by atoms with Crippen LogP contribution in [0.4, 0.5) is 0 Å². The van der Waals surface area contributed by atoms with E-state index in [1.807, 2.05) is 17.1 Å². The Morgan fingerprint density at radius 3 is 2.64 bits per heavy atom. The lowest BCUT2D eigenvalue weighted by Gasteiger charge is -2.35. The van der Waals surface area contributed by atoms with Crippen molar-refractivity contribution in [2.45, 2.75) is 31.6 Å². The molecule has 0 spiro atoms. The van der Waals surface area contributed by atoms with Crippen molar-refractivity contribution in [3.8, 4) is 11.4 Å². The quantitative estimate of drug-likeness (QED) is 0.585. The van der Waals surface area contributed by atoms with E-state index in [9.17, 15) is 9.90 Å². The minimum Gasteiger partial charge on any atom is -0.488 e. The number of aromatic nitrogens is 2. The van der Waals surface area contributed by atoms with Gasteiger partial charge in [0, 0.05) is 37.7 Å². The Morgan fingerprint density at radius 2 is 1.91 bits per heavy atom. The minimum atomic E-state index is -0.490. The van der Waals surface area contributed by atoms with E-state index in [4.69, 9.17) is 9.47 Å². The third kappa shape index (κ3) is 4.79. The summed E-state index contributed by atoms with van der Waals surface area (Å²) in [5.74, 6) is 1.28. The molecule has 1 saturated heterocycles. The first-order chi connectivity index (χ1) is 16.1. The number of hydrogen-bond donors (Lipinski definition) is 1. The minimum absolute atomic E-state index is 0.236. The van der Waals surface area contributed by atoms with E-state index in [0.717, 1.165) is 38.2 Å². The Labute approximate surface area is 193 Å². The third-order valence-electron chi connectivity index (χ3n) is 6.84. The van der Waals surface area contributed by atoms with E-state index < -0.39 is 6.10 Å². The Balaban J connectivity index is 1.20. The average molecular weight is 448 g/mol. The predicted molar refractivity (Wildman–Crippen MR) is 123 cm³/mol. The fourth-order valence-corrected chi connectivity index (χ4v) is 5.19. The molecule has 2 aromatic carbocycles. The van der Waals surface area contributed by atoms with Gasteiger partial charge in [-0.2, -0.15) is 0 Å². The molecule has 0 unspecified atom stereocenters. The number of likely N-dealkylation sites (tertiary alicyclic amines) is 1. The summed E-state index contributed by atoms with van der Waals surface area (Å²) in [6, 6.07) is 15.5. The number of esters is 1. The Morgan fingerprint density at radius 1 is 1.12 bits per heavy atom. The molecule has 1 N–H and O–H groups in total. The van der Waals surface area contributed by atoms with Gasteiger partial charge in [0.15, 0.2) is 0 Å². The summed E-state index contributed by atoms with van der Waals surface area (Å²) >= 11 is 0. The lowest BCUT2D eigenvalue weighted by atomic mass is 9.78. The van der Waals surface area contributed by atoms with Gasteiger partial charge in [-0.05, 0) is 66.6 Å². The average Bonchev–Trinajstić information content (AvgIpc) is 3.49. The highest BCUT2D eigenvalue weighted by Gasteiger charge is 2.42. The molecule has 1 saturated carbocycles. The van der Waals surface area contributed by atoms with Crippen LogP contribution in [0.1, 0.15) is 28.8 Å². The molecule has 172 valence electrons. The highest BCUT2D eigenvalue weighted by atomic mass is 16.5. The number of methoxy groups -OCH3 is 1. The van der Waals surface area contributed by atoms with E-state index in [1.165, 1.54) is 12.7 Å². The number of aliphatic hydroxyl groups is 1. The van der Waals surface area contributed by atoms with Crippen LogP contribution in [0.15, 0.2) is 67.3 Å². The number of aliphatic hydroxyl groups excluding tert-OH is 1. The molecule has 1 aromatic heterocycles. The Kier molecular flexibility index (Phi) is 6.15. The van der Waals surface area contributed by atoms with Crippen LogP contribution in [0, 0.1) is 11.8 Å². The monoisotopic (exact) mass is 447 g/mol. The van der Waals surface area contributed by atoms with Gasteiger partial charge in [0.25, 0.3) is 0 Å². The smallest absolute Gasteiger partial charge is 0.337 e. The molecule has 1 aliphatic carbocycles. The molecule has 33 heavy (non-hydrogen) atoms. The number of rotatable bonds is 6. The summed E-state index contributed by atoms with van der Waals surface area (Å²) < 4.78 is 12.9. The van der Waals surface area contributed by atoms with Crippen LogP contribution in [0.3, 0.4) is 0 Å². The highest BCUT2D eigenvalue weighted by Crippen LogP contribution is 2.38. The number of carbonyl (C=O) groups excluding carboxylic acids is 1. The number of fused-ring (bicyclic) bond motifs is 1. The van der Waals surface area contributed by atoms with Crippen molar-refractivity contribution in [2.24, 2.45) is 11.8 Å². The number of hydrogen-bond acceptors (Lipinski definition) is 6. The van der Waals surface area contributed by atoms with Gasteiger partial charge >= 0.3 is 5.97 Å². The number of carbonyl (C=O) groups is 1. The van der Waals surface area contributed by atoms with Gasteiger partial charge in [-0.1, -0.05) is 12.1 Å². The largest absolute Gasteiger partial charge is 0.488 e. The van der Waals surface area contributed by atoms with Crippen LogP contribution in [-0.2, 0) is 11.3 Å². The predicted octanol–water partition coefficient (Wildman–Crippen LogP) is 3.31. The summed E-state index contributed by atoms with van der Waals surface area (Å²) in [4.78, 5) is 18.2. The van der Waals surface area contributed by atoms with Crippen molar-refractivity contribution >= 4 is 5.97 Å². The van der Waals surface area contributed by atoms with Gasteiger partial charge in [0.2, 0.25) is 0 Å². The first-order valence-corrected chi connectivity index (χ1v) is 11.4. The van der Waals surface area contributed by atoms with Gasteiger partial charge in [0.05, 0.1) is 25.1 Å². The van der Waals surface area contributed by atoms with E-state index in [-0.39, 0.29) is 12.1 Å². The third-order valence-corrected chi connectivity index (χ3v) is 6.84. The molecular formula is C26H29N3O4. The summed E-state index contributed by atoms with van der Waals surface area (Å²) in [5.41, 5.74) is 2.88. The molecule has 3 aromatic rings. The fourth-order valence-electron chi connectivity index (χ4n) is 5.19. The Hall–Kier alpha value is -3.16. The van der Waals surface area contributed by atoms with Crippen LogP contribution < -0.4 is 4.74 Å².